The molecule has 2 aliphatic rings. The minimum Gasteiger partial charge on any atom is -0.489 e. The van der Waals surface area contributed by atoms with E-state index in [-0.39, 0.29) is 35.5 Å². The van der Waals surface area contributed by atoms with Crippen molar-refractivity contribution in [3.05, 3.63) is 52.7 Å². The molecule has 0 unspecified atom stereocenters. The number of rotatable bonds is 6. The van der Waals surface area contributed by atoms with Gasteiger partial charge in [0.25, 0.3) is 5.91 Å². The Morgan fingerprint density at radius 1 is 1.23 bits per heavy atom. The topological polar surface area (TPSA) is 98.5 Å². The van der Waals surface area contributed by atoms with Gasteiger partial charge in [0.2, 0.25) is 0 Å². The van der Waals surface area contributed by atoms with E-state index in [9.17, 15) is 9.90 Å². The summed E-state index contributed by atoms with van der Waals surface area (Å²) in [6.07, 6.45) is 3.37. The number of nitrogens with one attached hydrogen (secondary N) is 1. The van der Waals surface area contributed by atoms with Crippen molar-refractivity contribution in [1.29, 1.82) is 5.26 Å². The average Bonchev–Trinajstić information content (AvgIpc) is 2.85. The Kier molecular flexibility index (Phi) is 6.99. The van der Waals surface area contributed by atoms with Crippen molar-refractivity contribution in [2.45, 2.75) is 52.7 Å². The zero-order chi connectivity index (χ0) is 25.4. The second-order valence-corrected chi connectivity index (χ2v) is 11.2. The monoisotopic (exact) mass is 496 g/mol. The van der Waals surface area contributed by atoms with Crippen LogP contribution >= 0.6 is 11.6 Å². The van der Waals surface area contributed by atoms with Gasteiger partial charge in [-0.05, 0) is 43.0 Å². The fourth-order valence-electron chi connectivity index (χ4n) is 5.86. The van der Waals surface area contributed by atoms with E-state index >= 15 is 0 Å². The van der Waals surface area contributed by atoms with Crippen LogP contribution in [0.1, 0.15) is 56.5 Å². The number of hydrogen-bond donors (Lipinski definition) is 2. The van der Waals surface area contributed by atoms with E-state index in [0.29, 0.717) is 27.8 Å². The van der Waals surface area contributed by atoms with Gasteiger partial charge in [0.15, 0.2) is 0 Å². The van der Waals surface area contributed by atoms with Crippen molar-refractivity contribution in [2.75, 3.05) is 24.6 Å². The second-order valence-electron chi connectivity index (χ2n) is 10.8. The number of aliphatic hydroxyl groups is 1. The van der Waals surface area contributed by atoms with Crippen molar-refractivity contribution in [3.8, 4) is 11.8 Å². The predicted molar refractivity (Wildman–Crippen MR) is 136 cm³/mol. The molecule has 0 bridgehead atoms. The Balaban J connectivity index is 1.40. The first kappa shape index (κ1) is 25.3. The number of carbonyl (C=O) groups excluding carboxylic acids is 1. The number of carbonyl (C=O) groups is 1. The summed E-state index contributed by atoms with van der Waals surface area (Å²) in [6.45, 7) is 10.3. The highest BCUT2D eigenvalue weighted by molar-refractivity contribution is 6.31. The van der Waals surface area contributed by atoms with E-state index in [1.807, 2.05) is 12.1 Å². The highest BCUT2D eigenvalue weighted by Crippen LogP contribution is 2.55. The van der Waals surface area contributed by atoms with Crippen LogP contribution in [0.5, 0.6) is 5.75 Å². The molecule has 1 aromatic carbocycles. The van der Waals surface area contributed by atoms with Crippen molar-refractivity contribution in [2.24, 2.45) is 16.7 Å². The molecule has 1 saturated heterocycles. The highest BCUT2D eigenvalue weighted by atomic mass is 35.5. The molecule has 186 valence electrons. The standard InChI is InChI=1S/C27H33ClN4O3/c1-26(2)24(27(3,4)25(26)35-20-7-5-18(14-29)21(28)13-20)31-23(34)19-6-8-22(30-15-19)32-11-9-17(16-33)10-12-32/h5-8,13,15,17,24-25,33H,9-12,16H2,1-4H3,(H,31,34). The number of nitrogens with zero attached hydrogens (tertiary/aromatic N) is 3. The van der Waals surface area contributed by atoms with Crippen LogP contribution in [0.2, 0.25) is 5.02 Å². The molecule has 4 rings (SSSR count). The number of aromatic nitrogens is 1. The molecule has 2 aromatic rings. The summed E-state index contributed by atoms with van der Waals surface area (Å²) in [6, 6.07) is 10.7. The Bertz CT molecular complexity index is 1100. The smallest absolute Gasteiger partial charge is 0.253 e. The van der Waals surface area contributed by atoms with Gasteiger partial charge in [-0.1, -0.05) is 39.3 Å². The SMILES string of the molecule is CC1(C)C(NC(=O)c2ccc(N3CCC(CO)CC3)nc2)C(C)(C)C1Oc1ccc(C#N)c(Cl)c1. The number of nitriles is 1. The van der Waals surface area contributed by atoms with E-state index in [1.165, 1.54) is 0 Å². The number of ether oxygens (including phenoxy) is 1. The molecule has 1 aliphatic carbocycles. The van der Waals surface area contributed by atoms with E-state index in [0.717, 1.165) is 31.7 Å². The largest absolute Gasteiger partial charge is 0.489 e. The summed E-state index contributed by atoms with van der Waals surface area (Å²) < 4.78 is 6.30. The second kappa shape index (κ2) is 9.67. The maximum Gasteiger partial charge on any atom is 0.253 e. The van der Waals surface area contributed by atoms with E-state index in [1.54, 1.807) is 24.4 Å². The summed E-state index contributed by atoms with van der Waals surface area (Å²) in [4.78, 5) is 19.8. The molecule has 1 saturated carbocycles. The summed E-state index contributed by atoms with van der Waals surface area (Å²) in [7, 11) is 0. The third-order valence-electron chi connectivity index (χ3n) is 7.64. The average molecular weight is 497 g/mol. The Morgan fingerprint density at radius 2 is 1.91 bits per heavy atom. The van der Waals surface area contributed by atoms with Crippen molar-refractivity contribution < 1.29 is 14.6 Å². The van der Waals surface area contributed by atoms with Gasteiger partial charge in [0, 0.05) is 48.8 Å². The number of hydrogen-bond acceptors (Lipinski definition) is 6. The number of benzene rings is 1. The third kappa shape index (κ3) is 4.82. The lowest BCUT2D eigenvalue weighted by atomic mass is 9.49. The fraction of sp³-hybridized carbons (Fsp3) is 0.519. The summed E-state index contributed by atoms with van der Waals surface area (Å²) >= 11 is 6.18. The van der Waals surface area contributed by atoms with Crippen LogP contribution < -0.4 is 15.0 Å². The Labute approximate surface area is 212 Å². The lowest BCUT2D eigenvalue weighted by Crippen LogP contribution is -2.74. The van der Waals surface area contributed by atoms with Crippen LogP contribution in [0.4, 0.5) is 5.82 Å². The number of halogens is 1. The quantitative estimate of drug-likeness (QED) is 0.614. The fourth-order valence-corrected chi connectivity index (χ4v) is 6.08. The highest BCUT2D eigenvalue weighted by Gasteiger charge is 2.64. The van der Waals surface area contributed by atoms with E-state index < -0.39 is 0 Å². The molecule has 2 N–H and O–H groups in total. The van der Waals surface area contributed by atoms with Gasteiger partial charge in [-0.15, -0.1) is 0 Å². The summed E-state index contributed by atoms with van der Waals surface area (Å²) in [5.74, 6) is 1.67. The molecular formula is C27H33ClN4O3. The van der Waals surface area contributed by atoms with E-state index in [4.69, 9.17) is 21.6 Å². The first-order valence-electron chi connectivity index (χ1n) is 12.1. The molecule has 8 heteroatoms. The molecule has 0 spiro atoms. The van der Waals surface area contributed by atoms with Gasteiger partial charge < -0.3 is 20.1 Å². The maximum atomic E-state index is 13.1. The summed E-state index contributed by atoms with van der Waals surface area (Å²) in [5, 5.41) is 22.0. The normalized spacial score (nSPS) is 23.2. The zero-order valence-electron chi connectivity index (χ0n) is 20.7. The molecule has 0 radical (unpaired) electrons. The summed E-state index contributed by atoms with van der Waals surface area (Å²) in [5.41, 5.74) is 0.271. The predicted octanol–water partition coefficient (Wildman–Crippen LogP) is 4.43. The van der Waals surface area contributed by atoms with Crippen LogP contribution in [-0.2, 0) is 0 Å². The Hall–Kier alpha value is -2.82. The van der Waals surface area contributed by atoms with Gasteiger partial charge in [-0.25, -0.2) is 4.98 Å². The van der Waals surface area contributed by atoms with Gasteiger partial charge in [0.05, 0.1) is 16.1 Å². The molecule has 1 amide bonds. The number of pyridine rings is 1. The number of anilines is 1. The van der Waals surface area contributed by atoms with E-state index in [2.05, 4.69) is 49.0 Å². The Morgan fingerprint density at radius 3 is 2.46 bits per heavy atom. The van der Waals surface area contributed by atoms with Gasteiger partial charge in [0.1, 0.15) is 23.7 Å². The number of piperidine rings is 1. The van der Waals surface area contributed by atoms with Crippen molar-refractivity contribution >= 4 is 23.3 Å². The van der Waals surface area contributed by atoms with Gasteiger partial charge in [-0.2, -0.15) is 5.26 Å². The molecule has 1 aromatic heterocycles. The lowest BCUT2D eigenvalue weighted by molar-refractivity contribution is -0.164. The third-order valence-corrected chi connectivity index (χ3v) is 7.95. The molecule has 7 nitrogen and oxygen atoms in total. The molecule has 35 heavy (non-hydrogen) atoms. The van der Waals surface area contributed by atoms with Crippen LogP contribution in [0.3, 0.4) is 0 Å². The lowest BCUT2D eigenvalue weighted by Gasteiger charge is -2.63. The molecule has 1 aliphatic heterocycles. The van der Waals surface area contributed by atoms with Gasteiger partial charge >= 0.3 is 0 Å². The number of aliphatic hydroxyl groups excluding tert-OH is 1. The first-order valence-corrected chi connectivity index (χ1v) is 12.4. The number of amides is 1. The van der Waals surface area contributed by atoms with Crippen LogP contribution in [0, 0.1) is 28.1 Å². The zero-order valence-corrected chi connectivity index (χ0v) is 21.5. The van der Waals surface area contributed by atoms with Crippen molar-refractivity contribution in [3.63, 3.8) is 0 Å². The first-order chi connectivity index (χ1) is 16.6. The van der Waals surface area contributed by atoms with Crippen molar-refractivity contribution in [1.82, 2.24) is 10.3 Å². The van der Waals surface area contributed by atoms with Crippen LogP contribution in [0.25, 0.3) is 0 Å². The minimum absolute atomic E-state index is 0.112. The molecular weight excluding hydrogens is 464 g/mol. The van der Waals surface area contributed by atoms with Crippen LogP contribution in [0.15, 0.2) is 36.5 Å². The van der Waals surface area contributed by atoms with Gasteiger partial charge in [-0.3, -0.25) is 4.79 Å². The van der Waals surface area contributed by atoms with Crippen LogP contribution in [-0.4, -0.2) is 47.8 Å². The molecule has 2 heterocycles. The molecule has 2 fully saturated rings. The molecule has 0 atom stereocenters. The maximum absolute atomic E-state index is 13.1. The minimum atomic E-state index is -0.329.